The molecule has 0 aliphatic heterocycles. The molecule has 3 N–H and O–H groups in total. The number of aliphatic hydroxyl groups excluding tert-OH is 2. The number of carbonyl (C=O) groups is 1. The highest BCUT2D eigenvalue weighted by Gasteiger charge is 2.59. The van der Waals surface area contributed by atoms with Crippen LogP contribution in [0.25, 0.3) is 10.6 Å². The van der Waals surface area contributed by atoms with Gasteiger partial charge in [-0.25, -0.2) is 4.98 Å². The average molecular weight is 477 g/mol. The van der Waals surface area contributed by atoms with E-state index in [1.165, 1.54) is 4.88 Å². The van der Waals surface area contributed by atoms with E-state index in [4.69, 9.17) is 4.98 Å². The van der Waals surface area contributed by atoms with Gasteiger partial charge in [-0.3, -0.25) is 4.79 Å². The van der Waals surface area contributed by atoms with Gasteiger partial charge in [0.2, 0.25) is 5.91 Å². The van der Waals surface area contributed by atoms with Gasteiger partial charge in [0.05, 0.1) is 18.4 Å². The van der Waals surface area contributed by atoms with E-state index in [-0.39, 0.29) is 29.8 Å². The van der Waals surface area contributed by atoms with Gasteiger partial charge in [0.1, 0.15) is 5.01 Å². The molecule has 2 aliphatic rings. The van der Waals surface area contributed by atoms with Crippen LogP contribution in [0.4, 0.5) is 5.69 Å². The predicted octanol–water partition coefficient (Wildman–Crippen LogP) is 5.25. The molecule has 5 atom stereocenters. The lowest BCUT2D eigenvalue weighted by molar-refractivity contribution is -0.143. The summed E-state index contributed by atoms with van der Waals surface area (Å²) in [5.41, 5.74) is 2.01. The number of anilines is 1. The topological polar surface area (TPSA) is 82.5 Å². The summed E-state index contributed by atoms with van der Waals surface area (Å²) in [6.07, 6.45) is 1.95. The minimum atomic E-state index is -0.615. The maximum atomic E-state index is 13.2. The van der Waals surface area contributed by atoms with Crippen LogP contribution in [-0.4, -0.2) is 33.8 Å². The quantitative estimate of drug-likeness (QED) is 0.469. The van der Waals surface area contributed by atoms with Crippen LogP contribution < -0.4 is 5.32 Å². The molecule has 0 saturated heterocycles. The Morgan fingerprint density at radius 1 is 1.12 bits per heavy atom. The number of carbonyl (C=O) groups excluding carboxylic acids is 1. The van der Waals surface area contributed by atoms with Crippen LogP contribution in [0.5, 0.6) is 0 Å². The Morgan fingerprint density at radius 3 is 2.47 bits per heavy atom. The summed E-state index contributed by atoms with van der Waals surface area (Å²) in [5, 5.41) is 25.4. The number of fused-ring (bicyclic) bond motifs is 2. The van der Waals surface area contributed by atoms with Crippen molar-refractivity contribution in [1.29, 1.82) is 0 Å². The second-order valence-corrected chi connectivity index (χ2v) is 11.4. The molecule has 2 aliphatic carbocycles. The van der Waals surface area contributed by atoms with E-state index in [1.54, 1.807) is 11.3 Å². The predicted molar refractivity (Wildman–Crippen MR) is 136 cm³/mol. The van der Waals surface area contributed by atoms with Gasteiger partial charge < -0.3 is 15.5 Å². The molecular weight excluding hydrogens is 444 g/mol. The fraction of sp³-hybridized carbons (Fsp3) is 0.429. The third-order valence-electron chi connectivity index (χ3n) is 8.36. The molecule has 1 heterocycles. The molecule has 1 amide bonds. The van der Waals surface area contributed by atoms with E-state index in [0.717, 1.165) is 34.8 Å². The van der Waals surface area contributed by atoms with Gasteiger partial charge in [0.15, 0.2) is 0 Å². The first-order valence-corrected chi connectivity index (χ1v) is 12.9. The number of hydrogen-bond donors (Lipinski definition) is 3. The molecule has 1 saturated carbocycles. The fourth-order valence-corrected chi connectivity index (χ4v) is 7.44. The molecular formula is C28H32N2O3S. The number of benzene rings is 2. The summed E-state index contributed by atoms with van der Waals surface area (Å²) < 4.78 is 0. The Labute approximate surface area is 204 Å². The highest BCUT2D eigenvalue weighted by atomic mass is 32.1. The van der Waals surface area contributed by atoms with Crippen LogP contribution in [0.3, 0.4) is 0 Å². The summed E-state index contributed by atoms with van der Waals surface area (Å²) in [5.74, 6) is -0.0630. The van der Waals surface area contributed by atoms with Crippen LogP contribution in [0.15, 0.2) is 60.7 Å². The number of aliphatic hydroxyl groups is 2. The Balaban J connectivity index is 1.56. The second-order valence-electron chi connectivity index (χ2n) is 10.3. The van der Waals surface area contributed by atoms with Gasteiger partial charge in [-0.15, -0.1) is 11.3 Å². The molecule has 0 spiro atoms. The molecule has 5 unspecified atom stereocenters. The molecule has 178 valence electrons. The summed E-state index contributed by atoms with van der Waals surface area (Å²) in [6.45, 7) is 4.17. The number of nitrogens with one attached hydrogen (secondary N) is 1. The van der Waals surface area contributed by atoms with Crippen LogP contribution >= 0.6 is 11.3 Å². The van der Waals surface area contributed by atoms with Crippen molar-refractivity contribution in [3.05, 3.63) is 71.2 Å². The highest BCUT2D eigenvalue weighted by Crippen LogP contribution is 2.62. The summed E-state index contributed by atoms with van der Waals surface area (Å²) in [7, 11) is 0. The third-order valence-corrected chi connectivity index (χ3v) is 9.50. The van der Waals surface area contributed by atoms with Crippen LogP contribution in [-0.2, 0) is 11.2 Å². The lowest BCUT2D eigenvalue weighted by Crippen LogP contribution is -2.57. The number of para-hydroxylation sites is 1. The Hall–Kier alpha value is -2.54. The molecule has 3 aromatic rings. The maximum absolute atomic E-state index is 13.2. The van der Waals surface area contributed by atoms with Crippen molar-refractivity contribution in [2.45, 2.75) is 51.6 Å². The first-order chi connectivity index (χ1) is 16.3. The van der Waals surface area contributed by atoms with Gasteiger partial charge in [-0.05, 0) is 42.7 Å². The second kappa shape index (κ2) is 8.91. The summed E-state index contributed by atoms with van der Waals surface area (Å²) in [4.78, 5) is 19.5. The number of amides is 1. The van der Waals surface area contributed by atoms with Crippen molar-refractivity contribution >= 4 is 22.9 Å². The van der Waals surface area contributed by atoms with Crippen molar-refractivity contribution in [3.63, 3.8) is 0 Å². The molecule has 0 radical (unpaired) electrons. The van der Waals surface area contributed by atoms with Crippen LogP contribution in [0, 0.1) is 16.7 Å². The van der Waals surface area contributed by atoms with Crippen molar-refractivity contribution in [3.8, 4) is 10.6 Å². The molecule has 1 fully saturated rings. The zero-order chi connectivity index (χ0) is 23.9. The van der Waals surface area contributed by atoms with Gasteiger partial charge >= 0.3 is 0 Å². The standard InChI is InChI=1S/C28H32N2O3S/c1-27-14-13-23(32)28(2,17-31)22(27)16-21-25(30-26(34-21)18-9-5-3-6-10-18)20(27)15-24(33)29-19-11-7-4-8-12-19/h3-12,20,22-23,31-32H,13-17H2,1-2H3,(H,29,33). The monoisotopic (exact) mass is 476 g/mol. The van der Waals surface area contributed by atoms with E-state index in [2.05, 4.69) is 24.4 Å². The molecule has 5 nitrogen and oxygen atoms in total. The van der Waals surface area contributed by atoms with Crippen molar-refractivity contribution in [2.75, 3.05) is 11.9 Å². The maximum Gasteiger partial charge on any atom is 0.225 e. The van der Waals surface area contributed by atoms with Crippen LogP contribution in [0.1, 0.15) is 49.6 Å². The molecule has 0 bridgehead atoms. The largest absolute Gasteiger partial charge is 0.396 e. The minimum absolute atomic E-state index is 0.0323. The zero-order valence-corrected chi connectivity index (χ0v) is 20.5. The molecule has 2 aromatic carbocycles. The lowest BCUT2D eigenvalue weighted by Gasteiger charge is -2.58. The molecule has 5 rings (SSSR count). The number of nitrogens with zero attached hydrogens (tertiary/aromatic N) is 1. The number of hydrogen-bond acceptors (Lipinski definition) is 5. The molecule has 6 heteroatoms. The van der Waals surface area contributed by atoms with Gasteiger partial charge in [0, 0.05) is 33.9 Å². The first-order valence-electron chi connectivity index (χ1n) is 12.0. The van der Waals surface area contributed by atoms with Crippen molar-refractivity contribution < 1.29 is 15.0 Å². The number of rotatable bonds is 5. The third kappa shape index (κ3) is 3.88. The molecule has 34 heavy (non-hydrogen) atoms. The van der Waals surface area contributed by atoms with E-state index in [0.29, 0.717) is 12.8 Å². The Bertz CT molecular complexity index is 1160. The summed E-state index contributed by atoms with van der Waals surface area (Å²) in [6, 6.07) is 19.7. The van der Waals surface area contributed by atoms with E-state index in [1.807, 2.05) is 55.5 Å². The zero-order valence-electron chi connectivity index (χ0n) is 19.7. The van der Waals surface area contributed by atoms with E-state index >= 15 is 0 Å². The smallest absolute Gasteiger partial charge is 0.225 e. The van der Waals surface area contributed by atoms with Gasteiger partial charge in [-0.1, -0.05) is 62.4 Å². The van der Waals surface area contributed by atoms with E-state index < -0.39 is 11.5 Å². The van der Waals surface area contributed by atoms with Crippen LogP contribution in [0.2, 0.25) is 0 Å². The SMILES string of the molecule is CC1(CO)C(O)CCC2(C)C(CC(=O)Nc3ccccc3)c3nc(-c4ccccc4)sc3CC12. The van der Waals surface area contributed by atoms with E-state index in [9.17, 15) is 15.0 Å². The van der Waals surface area contributed by atoms with Gasteiger partial charge in [-0.2, -0.15) is 0 Å². The fourth-order valence-electron chi connectivity index (χ4n) is 6.27. The summed E-state index contributed by atoms with van der Waals surface area (Å²) >= 11 is 1.68. The molecule has 1 aromatic heterocycles. The van der Waals surface area contributed by atoms with Crippen molar-refractivity contribution in [1.82, 2.24) is 4.98 Å². The van der Waals surface area contributed by atoms with Crippen molar-refractivity contribution in [2.24, 2.45) is 16.7 Å². The lowest BCUT2D eigenvalue weighted by atomic mass is 9.47. The number of aromatic nitrogens is 1. The van der Waals surface area contributed by atoms with Gasteiger partial charge in [0.25, 0.3) is 0 Å². The highest BCUT2D eigenvalue weighted by molar-refractivity contribution is 7.15. The average Bonchev–Trinajstić information content (AvgIpc) is 3.28. The minimum Gasteiger partial charge on any atom is -0.396 e. The normalized spacial score (nSPS) is 30.3. The Kier molecular flexibility index (Phi) is 6.09. The Morgan fingerprint density at radius 2 is 1.79 bits per heavy atom. The first kappa shape index (κ1) is 23.2. The number of thiazole rings is 1.